The highest BCUT2D eigenvalue weighted by atomic mass is 16.3. The van der Waals surface area contributed by atoms with Crippen molar-refractivity contribution in [2.24, 2.45) is 11.3 Å². The first kappa shape index (κ1) is 16.7. The number of hydrogen-bond acceptors (Lipinski definition) is 2. The summed E-state index contributed by atoms with van der Waals surface area (Å²) < 4.78 is 0. The second-order valence-corrected chi connectivity index (χ2v) is 7.13. The van der Waals surface area contributed by atoms with E-state index in [0.29, 0.717) is 0 Å². The van der Waals surface area contributed by atoms with Gasteiger partial charge in [0.05, 0.1) is 11.7 Å². The van der Waals surface area contributed by atoms with Gasteiger partial charge in [0.25, 0.3) is 0 Å². The van der Waals surface area contributed by atoms with Crippen molar-refractivity contribution in [3.05, 3.63) is 12.2 Å². The van der Waals surface area contributed by atoms with E-state index in [1.165, 1.54) is 12.8 Å². The summed E-state index contributed by atoms with van der Waals surface area (Å²) in [5.74, 6) is 0.134. The zero-order chi connectivity index (χ0) is 14.5. The molecule has 19 heavy (non-hydrogen) atoms. The topological polar surface area (TPSA) is 40.5 Å². The molecule has 0 saturated heterocycles. The van der Waals surface area contributed by atoms with Gasteiger partial charge in [-0.1, -0.05) is 58.6 Å². The fourth-order valence-corrected chi connectivity index (χ4v) is 3.46. The molecule has 1 fully saturated rings. The first-order valence-corrected chi connectivity index (χ1v) is 7.88. The first-order valence-electron chi connectivity index (χ1n) is 7.88. The van der Waals surface area contributed by atoms with Gasteiger partial charge in [0.2, 0.25) is 0 Å². The molecule has 0 amide bonds. The van der Waals surface area contributed by atoms with Crippen LogP contribution >= 0.6 is 0 Å². The Labute approximate surface area is 118 Å². The second-order valence-electron chi connectivity index (χ2n) is 7.13. The molecule has 0 aliphatic heterocycles. The Balaban J connectivity index is 2.60. The molecule has 0 bridgehead atoms. The van der Waals surface area contributed by atoms with Crippen molar-refractivity contribution in [2.75, 3.05) is 0 Å². The Morgan fingerprint density at radius 2 is 1.89 bits per heavy atom. The Morgan fingerprint density at radius 1 is 1.21 bits per heavy atom. The van der Waals surface area contributed by atoms with Crippen LogP contribution in [-0.4, -0.2) is 21.9 Å². The number of aliphatic hydroxyl groups excluding tert-OH is 1. The number of rotatable bonds is 6. The fourth-order valence-electron chi connectivity index (χ4n) is 3.46. The summed E-state index contributed by atoms with van der Waals surface area (Å²) in [5, 5.41) is 20.5. The predicted octanol–water partition coefficient (Wildman–Crippen LogP) is 4.06. The summed E-state index contributed by atoms with van der Waals surface area (Å²) in [7, 11) is 0. The average Bonchev–Trinajstić information content (AvgIpc) is 2.27. The van der Waals surface area contributed by atoms with Crippen LogP contribution in [0.4, 0.5) is 0 Å². The Morgan fingerprint density at radius 3 is 2.47 bits per heavy atom. The van der Waals surface area contributed by atoms with E-state index in [9.17, 15) is 10.2 Å². The molecule has 3 atom stereocenters. The molecule has 1 rings (SSSR count). The maximum atomic E-state index is 10.6. The summed E-state index contributed by atoms with van der Waals surface area (Å²) in [6.45, 7) is 8.55. The van der Waals surface area contributed by atoms with E-state index in [2.05, 4.69) is 26.8 Å². The van der Waals surface area contributed by atoms with Crippen molar-refractivity contribution < 1.29 is 10.2 Å². The van der Waals surface area contributed by atoms with Gasteiger partial charge >= 0.3 is 0 Å². The molecule has 0 aromatic heterocycles. The lowest BCUT2D eigenvalue weighted by atomic mass is 9.62. The minimum atomic E-state index is -0.638. The van der Waals surface area contributed by atoms with Crippen molar-refractivity contribution >= 4 is 0 Å². The Bertz CT molecular complexity index is 276. The van der Waals surface area contributed by atoms with Gasteiger partial charge in [-0.05, 0) is 31.6 Å². The molecule has 2 nitrogen and oxygen atoms in total. The van der Waals surface area contributed by atoms with Crippen LogP contribution in [0.5, 0.6) is 0 Å². The van der Waals surface area contributed by atoms with E-state index >= 15 is 0 Å². The first-order chi connectivity index (χ1) is 8.79. The summed E-state index contributed by atoms with van der Waals surface area (Å²) >= 11 is 0. The quantitative estimate of drug-likeness (QED) is 0.563. The molecule has 0 aromatic carbocycles. The zero-order valence-electron chi connectivity index (χ0n) is 13.2. The van der Waals surface area contributed by atoms with Crippen LogP contribution in [0.2, 0.25) is 0 Å². The van der Waals surface area contributed by atoms with Crippen LogP contribution < -0.4 is 0 Å². The van der Waals surface area contributed by atoms with Crippen molar-refractivity contribution in [2.45, 2.75) is 84.3 Å². The molecule has 0 spiro atoms. The molecule has 0 radical (unpaired) electrons. The third-order valence-corrected chi connectivity index (χ3v) is 4.65. The van der Waals surface area contributed by atoms with Gasteiger partial charge in [0.1, 0.15) is 0 Å². The number of aliphatic hydroxyl groups is 2. The summed E-state index contributed by atoms with van der Waals surface area (Å²) in [6.07, 6.45) is 11.0. The van der Waals surface area contributed by atoms with Gasteiger partial charge in [-0.2, -0.15) is 0 Å². The third-order valence-electron chi connectivity index (χ3n) is 4.65. The lowest BCUT2D eigenvalue weighted by molar-refractivity contribution is -0.0664. The smallest absolute Gasteiger partial charge is 0.0721 e. The van der Waals surface area contributed by atoms with Gasteiger partial charge in [0, 0.05) is 5.92 Å². The standard InChI is InChI=1S/C17H32O2/c1-5-6-7-9-14(18)10-11-15-16(2,3)12-8-13-17(15,4)19/h10-11,14-15,18-19H,5-9,12-13H2,1-4H3/b11-10+. The van der Waals surface area contributed by atoms with Crippen LogP contribution in [0.1, 0.15) is 72.6 Å². The van der Waals surface area contributed by atoms with Crippen LogP contribution in [0, 0.1) is 11.3 Å². The molecule has 1 saturated carbocycles. The second kappa shape index (κ2) is 6.90. The van der Waals surface area contributed by atoms with Gasteiger partial charge in [0.15, 0.2) is 0 Å². The third kappa shape index (κ3) is 4.92. The number of hydrogen-bond donors (Lipinski definition) is 2. The van der Waals surface area contributed by atoms with Crippen LogP contribution in [0.25, 0.3) is 0 Å². The SMILES string of the molecule is CCCCCC(O)/C=C/C1C(C)(C)CCCC1(C)O. The minimum Gasteiger partial charge on any atom is -0.390 e. The summed E-state index contributed by atoms with van der Waals surface area (Å²) in [4.78, 5) is 0. The molecule has 2 heteroatoms. The van der Waals surface area contributed by atoms with E-state index in [1.54, 1.807) is 0 Å². The molecular weight excluding hydrogens is 236 g/mol. The van der Waals surface area contributed by atoms with Gasteiger partial charge in [-0.25, -0.2) is 0 Å². The van der Waals surface area contributed by atoms with Crippen LogP contribution in [0.15, 0.2) is 12.2 Å². The summed E-state index contributed by atoms with van der Waals surface area (Å²) in [6, 6.07) is 0. The maximum absolute atomic E-state index is 10.6. The Kier molecular flexibility index (Phi) is 6.07. The predicted molar refractivity (Wildman–Crippen MR) is 81.0 cm³/mol. The fraction of sp³-hybridized carbons (Fsp3) is 0.882. The molecule has 2 N–H and O–H groups in total. The zero-order valence-corrected chi connectivity index (χ0v) is 13.2. The van der Waals surface area contributed by atoms with E-state index in [0.717, 1.165) is 32.1 Å². The lowest BCUT2D eigenvalue weighted by Crippen LogP contribution is -2.46. The summed E-state index contributed by atoms with van der Waals surface area (Å²) in [5.41, 5.74) is -0.525. The van der Waals surface area contributed by atoms with E-state index < -0.39 is 5.60 Å². The van der Waals surface area contributed by atoms with Crippen molar-refractivity contribution in [3.8, 4) is 0 Å². The molecule has 1 aliphatic carbocycles. The van der Waals surface area contributed by atoms with Gasteiger partial charge in [-0.3, -0.25) is 0 Å². The van der Waals surface area contributed by atoms with Crippen LogP contribution in [-0.2, 0) is 0 Å². The molecule has 1 aliphatic rings. The van der Waals surface area contributed by atoms with E-state index in [4.69, 9.17) is 0 Å². The maximum Gasteiger partial charge on any atom is 0.0721 e. The van der Waals surface area contributed by atoms with E-state index in [1.807, 2.05) is 13.0 Å². The molecule has 112 valence electrons. The van der Waals surface area contributed by atoms with Crippen molar-refractivity contribution in [3.63, 3.8) is 0 Å². The highest BCUT2D eigenvalue weighted by Crippen LogP contribution is 2.46. The highest BCUT2D eigenvalue weighted by molar-refractivity contribution is 5.07. The monoisotopic (exact) mass is 268 g/mol. The van der Waals surface area contributed by atoms with Crippen molar-refractivity contribution in [1.29, 1.82) is 0 Å². The normalized spacial score (nSPS) is 32.6. The van der Waals surface area contributed by atoms with E-state index in [-0.39, 0.29) is 17.4 Å². The lowest BCUT2D eigenvalue weighted by Gasteiger charge is -2.46. The molecule has 3 unspecified atom stereocenters. The number of unbranched alkanes of at least 4 members (excludes halogenated alkanes) is 2. The largest absolute Gasteiger partial charge is 0.390 e. The van der Waals surface area contributed by atoms with Gasteiger partial charge in [-0.15, -0.1) is 0 Å². The molecule has 0 heterocycles. The van der Waals surface area contributed by atoms with Gasteiger partial charge < -0.3 is 10.2 Å². The minimum absolute atomic E-state index is 0.112. The van der Waals surface area contributed by atoms with Crippen molar-refractivity contribution in [1.82, 2.24) is 0 Å². The molecule has 0 aromatic rings. The Hall–Kier alpha value is -0.340. The molecular formula is C17H32O2. The average molecular weight is 268 g/mol. The highest BCUT2D eigenvalue weighted by Gasteiger charge is 2.43. The van der Waals surface area contributed by atoms with Crippen LogP contribution in [0.3, 0.4) is 0 Å².